The zero-order valence-corrected chi connectivity index (χ0v) is 8.98. The van der Waals surface area contributed by atoms with Crippen molar-refractivity contribution >= 4 is 0 Å². The fourth-order valence-corrected chi connectivity index (χ4v) is 1.36. The average Bonchev–Trinajstić information content (AvgIpc) is 2.20. The molecule has 15 heavy (non-hydrogen) atoms. The summed E-state index contributed by atoms with van der Waals surface area (Å²) in [5.74, 6) is -0.753. The molecule has 82 valence electrons. The Hall–Kier alpha value is -1.22. The van der Waals surface area contributed by atoms with Crippen LogP contribution < -0.4 is 5.32 Å². The van der Waals surface area contributed by atoms with Crippen molar-refractivity contribution in [2.24, 2.45) is 0 Å². The lowest BCUT2D eigenvalue weighted by Crippen LogP contribution is -2.19. The van der Waals surface area contributed by atoms with Crippen molar-refractivity contribution in [2.45, 2.75) is 19.9 Å². The second-order valence-corrected chi connectivity index (χ2v) is 3.54. The Bertz CT molecular complexity index is 361. The number of benzene rings is 1. The normalized spacial score (nSPS) is 12.5. The minimum atomic E-state index is -0.377. The molecule has 0 bridgehead atoms. The number of nitrogens with one attached hydrogen (secondary N) is 1. The van der Waals surface area contributed by atoms with Gasteiger partial charge in [-0.3, -0.25) is 0 Å². The highest BCUT2D eigenvalue weighted by Crippen LogP contribution is 2.20. The van der Waals surface area contributed by atoms with Crippen molar-refractivity contribution in [3.63, 3.8) is 0 Å². The highest BCUT2D eigenvalue weighted by Gasteiger charge is 2.12. The molecular weight excluding hydrogens is 196 g/mol. The van der Waals surface area contributed by atoms with E-state index < -0.39 is 0 Å². The van der Waals surface area contributed by atoms with Gasteiger partial charge in [0, 0.05) is 18.2 Å². The molecule has 3 heteroatoms. The van der Waals surface area contributed by atoms with Gasteiger partial charge in [-0.15, -0.1) is 6.58 Å². The SMILES string of the molecule is C=CCNC(C)c1cc(F)c(C)cc1F. The number of halogens is 2. The Morgan fingerprint density at radius 3 is 2.67 bits per heavy atom. The number of hydrogen-bond acceptors (Lipinski definition) is 1. The van der Waals surface area contributed by atoms with E-state index in [9.17, 15) is 8.78 Å². The van der Waals surface area contributed by atoms with Crippen LogP contribution in [0.2, 0.25) is 0 Å². The van der Waals surface area contributed by atoms with E-state index >= 15 is 0 Å². The van der Waals surface area contributed by atoms with Gasteiger partial charge in [0.1, 0.15) is 11.6 Å². The molecule has 0 heterocycles. The van der Waals surface area contributed by atoms with E-state index in [1.165, 1.54) is 12.1 Å². The second kappa shape index (κ2) is 5.03. The van der Waals surface area contributed by atoms with Crippen molar-refractivity contribution in [1.29, 1.82) is 0 Å². The third-order valence-corrected chi connectivity index (χ3v) is 2.31. The monoisotopic (exact) mass is 211 g/mol. The zero-order chi connectivity index (χ0) is 11.4. The Balaban J connectivity index is 2.93. The van der Waals surface area contributed by atoms with Crippen LogP contribution in [0, 0.1) is 18.6 Å². The lowest BCUT2D eigenvalue weighted by molar-refractivity contribution is 0.533. The molecule has 0 amide bonds. The predicted octanol–water partition coefficient (Wildman–Crippen LogP) is 3.11. The predicted molar refractivity (Wildman–Crippen MR) is 57.7 cm³/mol. The van der Waals surface area contributed by atoms with Gasteiger partial charge in [-0.05, 0) is 31.5 Å². The molecule has 0 spiro atoms. The summed E-state index contributed by atoms with van der Waals surface area (Å²) in [5, 5.41) is 3.01. The maximum absolute atomic E-state index is 13.5. The van der Waals surface area contributed by atoms with Gasteiger partial charge in [-0.2, -0.15) is 0 Å². The van der Waals surface area contributed by atoms with Crippen LogP contribution in [-0.2, 0) is 0 Å². The molecule has 1 aromatic rings. The maximum atomic E-state index is 13.5. The van der Waals surface area contributed by atoms with Gasteiger partial charge in [0.25, 0.3) is 0 Å². The van der Waals surface area contributed by atoms with E-state index in [0.29, 0.717) is 17.7 Å². The van der Waals surface area contributed by atoms with E-state index in [4.69, 9.17) is 0 Å². The van der Waals surface area contributed by atoms with Gasteiger partial charge < -0.3 is 5.32 Å². The van der Waals surface area contributed by atoms with Gasteiger partial charge in [0.2, 0.25) is 0 Å². The van der Waals surface area contributed by atoms with Crippen LogP contribution in [0.5, 0.6) is 0 Å². The van der Waals surface area contributed by atoms with Crippen LogP contribution in [0.3, 0.4) is 0 Å². The van der Waals surface area contributed by atoms with Crippen molar-refractivity contribution in [1.82, 2.24) is 5.32 Å². The maximum Gasteiger partial charge on any atom is 0.128 e. The standard InChI is InChI=1S/C12H15F2N/c1-4-5-15-9(3)10-7-11(13)8(2)6-12(10)14/h4,6-7,9,15H,1,5H2,2-3H3. The number of aryl methyl sites for hydroxylation is 1. The summed E-state index contributed by atoms with van der Waals surface area (Å²) in [6, 6.07) is 2.24. The lowest BCUT2D eigenvalue weighted by Gasteiger charge is -2.14. The average molecular weight is 211 g/mol. The van der Waals surface area contributed by atoms with E-state index in [-0.39, 0.29) is 17.7 Å². The van der Waals surface area contributed by atoms with Gasteiger partial charge >= 0.3 is 0 Å². The summed E-state index contributed by atoms with van der Waals surface area (Å²) in [4.78, 5) is 0. The fraction of sp³-hybridized carbons (Fsp3) is 0.333. The molecule has 0 fully saturated rings. The number of hydrogen-bond donors (Lipinski definition) is 1. The molecule has 1 atom stereocenters. The molecule has 0 saturated carbocycles. The first kappa shape index (κ1) is 11.9. The van der Waals surface area contributed by atoms with Crippen LogP contribution in [0.15, 0.2) is 24.8 Å². The van der Waals surface area contributed by atoms with Crippen molar-refractivity contribution in [3.8, 4) is 0 Å². The molecule has 0 aromatic heterocycles. The first-order chi connectivity index (χ1) is 7.06. The molecule has 1 unspecified atom stereocenters. The van der Waals surface area contributed by atoms with Gasteiger partial charge in [0.15, 0.2) is 0 Å². The molecule has 1 rings (SSSR count). The molecule has 0 aliphatic carbocycles. The summed E-state index contributed by atoms with van der Waals surface area (Å²) < 4.78 is 26.7. The smallest absolute Gasteiger partial charge is 0.128 e. The van der Waals surface area contributed by atoms with E-state index in [1.807, 2.05) is 0 Å². The minimum absolute atomic E-state index is 0.224. The molecular formula is C12H15F2N. The second-order valence-electron chi connectivity index (χ2n) is 3.54. The van der Waals surface area contributed by atoms with Crippen molar-refractivity contribution in [2.75, 3.05) is 6.54 Å². The van der Waals surface area contributed by atoms with Crippen LogP contribution >= 0.6 is 0 Å². The molecule has 1 nitrogen and oxygen atoms in total. The van der Waals surface area contributed by atoms with Crippen LogP contribution in [0.4, 0.5) is 8.78 Å². The third kappa shape index (κ3) is 2.86. The first-order valence-electron chi connectivity index (χ1n) is 4.86. The van der Waals surface area contributed by atoms with Crippen LogP contribution in [-0.4, -0.2) is 6.54 Å². The quantitative estimate of drug-likeness (QED) is 0.754. The Kier molecular flexibility index (Phi) is 3.97. The molecule has 0 aliphatic rings. The molecule has 0 aliphatic heterocycles. The highest BCUT2D eigenvalue weighted by molar-refractivity contribution is 5.27. The largest absolute Gasteiger partial charge is 0.307 e. The molecule has 1 aromatic carbocycles. The highest BCUT2D eigenvalue weighted by atomic mass is 19.1. The van der Waals surface area contributed by atoms with Crippen LogP contribution in [0.25, 0.3) is 0 Å². The molecule has 1 N–H and O–H groups in total. The van der Waals surface area contributed by atoms with Gasteiger partial charge in [-0.25, -0.2) is 8.78 Å². The van der Waals surface area contributed by atoms with E-state index in [0.717, 1.165) is 0 Å². The van der Waals surface area contributed by atoms with E-state index in [1.54, 1.807) is 19.9 Å². The Morgan fingerprint density at radius 2 is 2.07 bits per heavy atom. The number of rotatable bonds is 4. The summed E-state index contributed by atoms with van der Waals surface area (Å²) in [6.45, 7) is 7.45. The van der Waals surface area contributed by atoms with Crippen molar-refractivity contribution < 1.29 is 8.78 Å². The van der Waals surface area contributed by atoms with E-state index in [2.05, 4.69) is 11.9 Å². The topological polar surface area (TPSA) is 12.0 Å². The first-order valence-corrected chi connectivity index (χ1v) is 4.86. The minimum Gasteiger partial charge on any atom is -0.307 e. The summed E-state index contributed by atoms with van der Waals surface area (Å²) in [5.41, 5.74) is 0.673. The van der Waals surface area contributed by atoms with Gasteiger partial charge in [0.05, 0.1) is 0 Å². The third-order valence-electron chi connectivity index (χ3n) is 2.31. The van der Waals surface area contributed by atoms with Crippen LogP contribution in [0.1, 0.15) is 24.1 Å². The zero-order valence-electron chi connectivity index (χ0n) is 8.98. The summed E-state index contributed by atoms with van der Waals surface area (Å²) in [7, 11) is 0. The summed E-state index contributed by atoms with van der Waals surface area (Å²) in [6.07, 6.45) is 1.68. The summed E-state index contributed by atoms with van der Waals surface area (Å²) >= 11 is 0. The molecule has 0 saturated heterocycles. The van der Waals surface area contributed by atoms with Crippen molar-refractivity contribution in [3.05, 3.63) is 47.5 Å². The molecule has 0 radical (unpaired) electrons. The Labute approximate surface area is 88.8 Å². The Morgan fingerprint density at radius 1 is 1.40 bits per heavy atom. The van der Waals surface area contributed by atoms with Gasteiger partial charge in [-0.1, -0.05) is 6.08 Å². The lowest BCUT2D eigenvalue weighted by atomic mass is 10.1. The fourth-order valence-electron chi connectivity index (χ4n) is 1.36.